The Hall–Kier alpha value is -3.13. The molecule has 2 aromatic carbocycles. The summed E-state index contributed by atoms with van der Waals surface area (Å²) in [6.45, 7) is 2.85. The van der Waals surface area contributed by atoms with Crippen LogP contribution in [0.4, 0.5) is 4.39 Å². The second-order valence-electron chi connectivity index (χ2n) is 8.27. The van der Waals surface area contributed by atoms with Gasteiger partial charge in [0.05, 0.1) is 13.2 Å². The van der Waals surface area contributed by atoms with E-state index in [4.69, 9.17) is 14.2 Å². The van der Waals surface area contributed by atoms with E-state index in [-0.39, 0.29) is 42.6 Å². The maximum absolute atomic E-state index is 13.8. The highest BCUT2D eigenvalue weighted by atomic mass is 19.1. The minimum absolute atomic E-state index is 0.0434. The van der Waals surface area contributed by atoms with E-state index in [0.717, 1.165) is 5.75 Å². The highest BCUT2D eigenvalue weighted by Crippen LogP contribution is 2.27. The maximum Gasteiger partial charge on any atom is 0.260 e. The largest absolute Gasteiger partial charge is 0.490 e. The topological polar surface area (TPSA) is 68.3 Å². The summed E-state index contributed by atoms with van der Waals surface area (Å²) >= 11 is 0. The van der Waals surface area contributed by atoms with Gasteiger partial charge in [0, 0.05) is 44.9 Å². The van der Waals surface area contributed by atoms with Crippen LogP contribution in [0, 0.1) is 11.7 Å². The predicted octanol–water partition coefficient (Wildman–Crippen LogP) is 2.75. The Balaban J connectivity index is 1.40. The number of hydrogen-bond acceptors (Lipinski definition) is 5. The Morgan fingerprint density at radius 1 is 0.939 bits per heavy atom. The molecule has 2 aliphatic rings. The van der Waals surface area contributed by atoms with Crippen molar-refractivity contribution in [3.8, 4) is 11.5 Å². The molecule has 8 heteroatoms. The van der Waals surface area contributed by atoms with Gasteiger partial charge in [0.1, 0.15) is 11.9 Å². The van der Waals surface area contributed by atoms with Crippen LogP contribution in [-0.4, -0.2) is 73.7 Å². The predicted molar refractivity (Wildman–Crippen MR) is 119 cm³/mol. The molecule has 0 aromatic heterocycles. The van der Waals surface area contributed by atoms with Crippen molar-refractivity contribution >= 4 is 11.8 Å². The summed E-state index contributed by atoms with van der Waals surface area (Å²) in [5, 5.41) is 0. The lowest BCUT2D eigenvalue weighted by Crippen LogP contribution is -2.51. The third-order valence-corrected chi connectivity index (χ3v) is 6.04. The van der Waals surface area contributed by atoms with Crippen molar-refractivity contribution in [1.29, 1.82) is 0 Å². The number of piperidine rings is 1. The van der Waals surface area contributed by atoms with Crippen LogP contribution in [0.3, 0.4) is 0 Å². The van der Waals surface area contributed by atoms with Gasteiger partial charge in [-0.2, -0.15) is 0 Å². The Morgan fingerprint density at radius 2 is 1.67 bits per heavy atom. The van der Waals surface area contributed by atoms with E-state index in [1.54, 1.807) is 17.0 Å². The minimum Gasteiger partial charge on any atom is -0.490 e. The summed E-state index contributed by atoms with van der Waals surface area (Å²) < 4.78 is 30.8. The molecular weight excluding hydrogens is 427 g/mol. The van der Waals surface area contributed by atoms with Crippen molar-refractivity contribution < 1.29 is 28.2 Å². The fourth-order valence-corrected chi connectivity index (χ4v) is 4.22. The molecule has 0 spiro atoms. The first-order valence-electron chi connectivity index (χ1n) is 11.3. The summed E-state index contributed by atoms with van der Waals surface area (Å²) in [6.07, 6.45) is 0.700. The van der Waals surface area contributed by atoms with E-state index < -0.39 is 5.82 Å². The molecule has 0 aliphatic carbocycles. The zero-order valence-electron chi connectivity index (χ0n) is 18.5. The van der Waals surface area contributed by atoms with E-state index in [9.17, 15) is 14.0 Å². The number of para-hydroxylation sites is 2. The summed E-state index contributed by atoms with van der Waals surface area (Å²) in [5.41, 5.74) is 0. The molecule has 0 radical (unpaired) electrons. The number of carbonyl (C=O) groups is 2. The fourth-order valence-electron chi connectivity index (χ4n) is 4.22. The van der Waals surface area contributed by atoms with E-state index in [1.165, 1.54) is 12.1 Å². The van der Waals surface area contributed by atoms with Crippen LogP contribution in [0.25, 0.3) is 0 Å². The Kier molecular flexibility index (Phi) is 7.78. The maximum atomic E-state index is 13.8. The van der Waals surface area contributed by atoms with Crippen molar-refractivity contribution in [2.75, 3.05) is 46.0 Å². The van der Waals surface area contributed by atoms with Crippen LogP contribution >= 0.6 is 0 Å². The van der Waals surface area contributed by atoms with Crippen molar-refractivity contribution in [3.05, 3.63) is 60.4 Å². The molecule has 2 atom stereocenters. The van der Waals surface area contributed by atoms with Crippen LogP contribution in [0.2, 0.25) is 0 Å². The molecule has 2 heterocycles. The average molecular weight is 457 g/mol. The third-order valence-electron chi connectivity index (χ3n) is 6.04. The van der Waals surface area contributed by atoms with Gasteiger partial charge in [0.2, 0.25) is 5.91 Å². The number of hydrogen-bond donors (Lipinski definition) is 0. The first-order valence-corrected chi connectivity index (χ1v) is 11.3. The number of carbonyl (C=O) groups excluding carboxylic acids is 2. The Bertz CT molecular complexity index is 935. The monoisotopic (exact) mass is 456 g/mol. The number of amides is 2. The summed E-state index contributed by atoms with van der Waals surface area (Å²) in [6, 6.07) is 15.5. The first kappa shape index (κ1) is 23.0. The lowest BCUT2D eigenvalue weighted by molar-refractivity contribution is -0.142. The number of ether oxygens (including phenoxy) is 3. The van der Waals surface area contributed by atoms with Gasteiger partial charge in [0.15, 0.2) is 18.2 Å². The van der Waals surface area contributed by atoms with Gasteiger partial charge in [-0.1, -0.05) is 30.3 Å². The highest BCUT2D eigenvalue weighted by molar-refractivity contribution is 5.79. The van der Waals surface area contributed by atoms with Crippen molar-refractivity contribution in [2.24, 2.45) is 5.92 Å². The second kappa shape index (κ2) is 11.1. The van der Waals surface area contributed by atoms with Crippen LogP contribution in [0.15, 0.2) is 54.6 Å². The van der Waals surface area contributed by atoms with E-state index in [2.05, 4.69) is 0 Å². The van der Waals surface area contributed by atoms with Crippen LogP contribution in [-0.2, 0) is 14.3 Å². The molecule has 33 heavy (non-hydrogen) atoms. The number of rotatable bonds is 7. The lowest BCUT2D eigenvalue weighted by atomic mass is 9.90. The molecule has 2 saturated heterocycles. The van der Waals surface area contributed by atoms with Gasteiger partial charge < -0.3 is 24.0 Å². The van der Waals surface area contributed by atoms with Crippen LogP contribution in [0.1, 0.15) is 12.8 Å². The summed E-state index contributed by atoms with van der Waals surface area (Å²) in [7, 11) is 0. The van der Waals surface area contributed by atoms with Gasteiger partial charge in [-0.05, 0) is 24.3 Å². The SMILES string of the molecule is O=C(C[C@H]1CN(C(=O)COc2ccccc2F)CC[C@@H]1Oc1ccccc1)N1CCOCC1. The Labute approximate surface area is 193 Å². The third kappa shape index (κ3) is 6.22. The molecule has 176 valence electrons. The van der Waals surface area contributed by atoms with Crippen molar-refractivity contribution in [2.45, 2.75) is 18.9 Å². The quantitative estimate of drug-likeness (QED) is 0.641. The molecule has 4 rings (SSSR count). The number of morpholine rings is 1. The van der Waals surface area contributed by atoms with Crippen molar-refractivity contribution in [1.82, 2.24) is 9.80 Å². The standard InChI is InChI=1S/C25H29FN2O5/c26-21-8-4-5-9-23(21)32-18-25(30)28-11-10-22(33-20-6-2-1-3-7-20)19(17-28)16-24(29)27-12-14-31-15-13-27/h1-9,19,22H,10-18H2/t19-,22-/m0/s1. The smallest absolute Gasteiger partial charge is 0.260 e. The molecule has 7 nitrogen and oxygen atoms in total. The molecule has 2 amide bonds. The zero-order chi connectivity index (χ0) is 23.0. The van der Waals surface area contributed by atoms with E-state index >= 15 is 0 Å². The second-order valence-corrected chi connectivity index (χ2v) is 8.27. The molecule has 2 fully saturated rings. The van der Waals surface area contributed by atoms with Gasteiger partial charge in [-0.3, -0.25) is 9.59 Å². The van der Waals surface area contributed by atoms with Crippen LogP contribution in [0.5, 0.6) is 11.5 Å². The average Bonchev–Trinajstić information content (AvgIpc) is 2.85. The Morgan fingerprint density at radius 3 is 2.42 bits per heavy atom. The lowest BCUT2D eigenvalue weighted by Gasteiger charge is -2.39. The molecule has 0 bridgehead atoms. The first-order chi connectivity index (χ1) is 16.1. The number of likely N-dealkylation sites (tertiary alicyclic amines) is 1. The molecule has 2 aromatic rings. The number of nitrogens with zero attached hydrogens (tertiary/aromatic N) is 2. The minimum atomic E-state index is -0.505. The van der Waals surface area contributed by atoms with E-state index in [1.807, 2.05) is 35.2 Å². The molecule has 0 saturated carbocycles. The van der Waals surface area contributed by atoms with E-state index in [0.29, 0.717) is 45.8 Å². The fraction of sp³-hybridized carbons (Fsp3) is 0.440. The number of benzene rings is 2. The van der Waals surface area contributed by atoms with Gasteiger partial charge >= 0.3 is 0 Å². The van der Waals surface area contributed by atoms with Crippen LogP contribution < -0.4 is 9.47 Å². The molecule has 0 N–H and O–H groups in total. The summed E-state index contributed by atoms with van der Waals surface area (Å²) in [5.74, 6) is -0.0655. The number of halogens is 1. The molecular formula is C25H29FN2O5. The zero-order valence-corrected chi connectivity index (χ0v) is 18.5. The molecule has 0 unspecified atom stereocenters. The highest BCUT2D eigenvalue weighted by Gasteiger charge is 2.35. The normalized spacial score (nSPS) is 20.9. The summed E-state index contributed by atoms with van der Waals surface area (Å²) in [4.78, 5) is 29.2. The van der Waals surface area contributed by atoms with Gasteiger partial charge in [0.25, 0.3) is 5.91 Å². The van der Waals surface area contributed by atoms with Gasteiger partial charge in [-0.15, -0.1) is 0 Å². The van der Waals surface area contributed by atoms with Crippen molar-refractivity contribution in [3.63, 3.8) is 0 Å². The van der Waals surface area contributed by atoms with Gasteiger partial charge in [-0.25, -0.2) is 4.39 Å². The molecule has 2 aliphatic heterocycles.